The van der Waals surface area contributed by atoms with E-state index >= 15 is 0 Å². The molecular formula is C17H21N3O2S. The Morgan fingerprint density at radius 3 is 2.22 bits per heavy atom. The Hall–Kier alpha value is -2.08. The zero-order valence-corrected chi connectivity index (χ0v) is 13.8. The molecule has 0 atom stereocenters. The molecular weight excluding hydrogens is 310 g/mol. The third-order valence-electron chi connectivity index (χ3n) is 3.98. The highest BCUT2D eigenvalue weighted by molar-refractivity contribution is 7.92. The van der Waals surface area contributed by atoms with Crippen molar-refractivity contribution in [3.05, 3.63) is 48.7 Å². The molecule has 6 heteroatoms. The van der Waals surface area contributed by atoms with Gasteiger partial charge in [0.2, 0.25) is 0 Å². The molecule has 0 amide bonds. The standard InChI is InChI=1S/C17H21N3O2S/c21-23(22,16-8-4-3-5-9-16)19-15-10-11-17(18-14-15)20-12-6-1-2-7-13-20/h3-5,8-11,14,19H,1-2,6-7,12-13H2. The van der Waals surface area contributed by atoms with Gasteiger partial charge in [0, 0.05) is 13.1 Å². The predicted molar refractivity (Wildman–Crippen MR) is 92.2 cm³/mol. The quantitative estimate of drug-likeness (QED) is 0.934. The summed E-state index contributed by atoms with van der Waals surface area (Å²) >= 11 is 0. The summed E-state index contributed by atoms with van der Waals surface area (Å²) in [4.78, 5) is 6.93. The Labute approximate surface area is 137 Å². The van der Waals surface area contributed by atoms with Gasteiger partial charge in [0.15, 0.2) is 0 Å². The first kappa shape index (κ1) is 15.8. The highest BCUT2D eigenvalue weighted by Gasteiger charge is 2.15. The minimum absolute atomic E-state index is 0.247. The summed E-state index contributed by atoms with van der Waals surface area (Å²) in [7, 11) is -3.56. The molecule has 1 saturated heterocycles. The molecule has 122 valence electrons. The minimum Gasteiger partial charge on any atom is -0.357 e. The van der Waals surface area contributed by atoms with Crippen molar-refractivity contribution in [3.8, 4) is 0 Å². The van der Waals surface area contributed by atoms with Crippen molar-refractivity contribution in [1.82, 2.24) is 4.98 Å². The molecule has 1 aromatic carbocycles. The smallest absolute Gasteiger partial charge is 0.261 e. The maximum absolute atomic E-state index is 12.3. The minimum atomic E-state index is -3.56. The second-order valence-corrected chi connectivity index (χ2v) is 7.41. The third-order valence-corrected chi connectivity index (χ3v) is 5.38. The van der Waals surface area contributed by atoms with E-state index in [1.807, 2.05) is 6.07 Å². The fourth-order valence-corrected chi connectivity index (χ4v) is 3.81. The van der Waals surface area contributed by atoms with Crippen molar-refractivity contribution >= 4 is 21.5 Å². The van der Waals surface area contributed by atoms with Crippen LogP contribution in [-0.4, -0.2) is 26.5 Å². The fraction of sp³-hybridized carbons (Fsp3) is 0.353. The molecule has 0 aliphatic carbocycles. The zero-order chi connectivity index (χ0) is 16.1. The van der Waals surface area contributed by atoms with Crippen LogP contribution in [0.25, 0.3) is 0 Å². The fourth-order valence-electron chi connectivity index (χ4n) is 2.75. The van der Waals surface area contributed by atoms with Crippen LogP contribution in [0.5, 0.6) is 0 Å². The third kappa shape index (κ3) is 4.01. The number of nitrogens with one attached hydrogen (secondary N) is 1. The number of aromatic nitrogens is 1. The maximum Gasteiger partial charge on any atom is 0.261 e. The van der Waals surface area contributed by atoms with E-state index in [0.29, 0.717) is 5.69 Å². The average molecular weight is 331 g/mol. The van der Waals surface area contributed by atoms with Gasteiger partial charge in [-0.3, -0.25) is 4.72 Å². The topological polar surface area (TPSA) is 62.3 Å². The van der Waals surface area contributed by atoms with Crippen molar-refractivity contribution in [2.24, 2.45) is 0 Å². The number of hydrogen-bond acceptors (Lipinski definition) is 4. The van der Waals surface area contributed by atoms with Crippen LogP contribution in [0, 0.1) is 0 Å². The molecule has 2 heterocycles. The summed E-state index contributed by atoms with van der Waals surface area (Å²) in [5.41, 5.74) is 0.479. The lowest BCUT2D eigenvalue weighted by molar-refractivity contribution is 0.601. The van der Waals surface area contributed by atoms with E-state index < -0.39 is 10.0 Å². The largest absolute Gasteiger partial charge is 0.357 e. The van der Waals surface area contributed by atoms with E-state index in [1.54, 1.807) is 42.6 Å². The number of anilines is 2. The Morgan fingerprint density at radius 2 is 1.61 bits per heavy atom. The van der Waals surface area contributed by atoms with Crippen molar-refractivity contribution in [3.63, 3.8) is 0 Å². The van der Waals surface area contributed by atoms with Gasteiger partial charge in [-0.05, 0) is 37.1 Å². The van der Waals surface area contributed by atoms with E-state index in [1.165, 1.54) is 25.7 Å². The van der Waals surface area contributed by atoms with E-state index in [0.717, 1.165) is 18.9 Å². The zero-order valence-electron chi connectivity index (χ0n) is 13.0. The van der Waals surface area contributed by atoms with Crippen molar-refractivity contribution in [1.29, 1.82) is 0 Å². The van der Waals surface area contributed by atoms with Gasteiger partial charge in [-0.1, -0.05) is 31.0 Å². The van der Waals surface area contributed by atoms with Gasteiger partial charge in [-0.25, -0.2) is 13.4 Å². The molecule has 1 N–H and O–H groups in total. The Balaban J connectivity index is 1.72. The van der Waals surface area contributed by atoms with E-state index in [-0.39, 0.29) is 4.90 Å². The lowest BCUT2D eigenvalue weighted by atomic mass is 10.2. The Morgan fingerprint density at radius 1 is 0.913 bits per heavy atom. The first-order valence-electron chi connectivity index (χ1n) is 7.94. The van der Waals surface area contributed by atoms with Gasteiger partial charge in [-0.15, -0.1) is 0 Å². The first-order valence-corrected chi connectivity index (χ1v) is 9.42. The molecule has 5 nitrogen and oxygen atoms in total. The average Bonchev–Trinajstić information content (AvgIpc) is 2.85. The molecule has 1 fully saturated rings. The van der Waals surface area contributed by atoms with Crippen LogP contribution in [0.15, 0.2) is 53.6 Å². The monoisotopic (exact) mass is 331 g/mol. The molecule has 1 aliphatic rings. The van der Waals surface area contributed by atoms with Gasteiger partial charge in [0.05, 0.1) is 16.8 Å². The van der Waals surface area contributed by atoms with Crippen molar-refractivity contribution in [2.45, 2.75) is 30.6 Å². The number of hydrogen-bond donors (Lipinski definition) is 1. The van der Waals surface area contributed by atoms with E-state index in [4.69, 9.17) is 0 Å². The Kier molecular flexibility index (Phi) is 4.81. The van der Waals surface area contributed by atoms with Crippen molar-refractivity contribution in [2.75, 3.05) is 22.7 Å². The number of nitrogens with zero attached hydrogens (tertiary/aromatic N) is 2. The molecule has 1 aromatic heterocycles. The molecule has 23 heavy (non-hydrogen) atoms. The predicted octanol–water partition coefficient (Wildman–Crippen LogP) is 3.26. The normalized spacial score (nSPS) is 15.9. The van der Waals surface area contributed by atoms with Crippen LogP contribution < -0.4 is 9.62 Å². The molecule has 1 aliphatic heterocycles. The van der Waals surface area contributed by atoms with Gasteiger partial charge in [-0.2, -0.15) is 0 Å². The Bertz CT molecular complexity index is 722. The highest BCUT2D eigenvalue weighted by Crippen LogP contribution is 2.20. The summed E-state index contributed by atoms with van der Waals surface area (Å²) in [5, 5.41) is 0. The summed E-state index contributed by atoms with van der Waals surface area (Å²) in [6.45, 7) is 2.03. The molecule has 0 radical (unpaired) electrons. The maximum atomic E-state index is 12.3. The molecule has 0 saturated carbocycles. The molecule has 2 aromatic rings. The van der Waals surface area contributed by atoms with Crippen LogP contribution in [0.1, 0.15) is 25.7 Å². The van der Waals surface area contributed by atoms with Gasteiger partial charge >= 0.3 is 0 Å². The first-order chi connectivity index (χ1) is 11.1. The highest BCUT2D eigenvalue weighted by atomic mass is 32.2. The lowest BCUT2D eigenvalue weighted by Crippen LogP contribution is -2.24. The summed E-state index contributed by atoms with van der Waals surface area (Å²) in [6, 6.07) is 12.0. The van der Waals surface area contributed by atoms with Crippen LogP contribution in [-0.2, 0) is 10.0 Å². The SMILES string of the molecule is O=S(=O)(Nc1ccc(N2CCCCCC2)nc1)c1ccccc1. The van der Waals surface area contributed by atoms with Crippen LogP contribution in [0.2, 0.25) is 0 Å². The number of sulfonamides is 1. The number of rotatable bonds is 4. The van der Waals surface area contributed by atoms with Crippen LogP contribution in [0.4, 0.5) is 11.5 Å². The van der Waals surface area contributed by atoms with E-state index in [9.17, 15) is 8.42 Å². The van der Waals surface area contributed by atoms with E-state index in [2.05, 4.69) is 14.6 Å². The molecule has 3 rings (SSSR count). The molecule has 0 spiro atoms. The second-order valence-electron chi connectivity index (χ2n) is 5.72. The number of benzene rings is 1. The van der Waals surface area contributed by atoms with Gasteiger partial charge < -0.3 is 4.90 Å². The van der Waals surface area contributed by atoms with Gasteiger partial charge in [0.25, 0.3) is 10.0 Å². The number of pyridine rings is 1. The second kappa shape index (κ2) is 7.00. The van der Waals surface area contributed by atoms with Gasteiger partial charge in [0.1, 0.15) is 5.82 Å². The van der Waals surface area contributed by atoms with Crippen molar-refractivity contribution < 1.29 is 8.42 Å². The summed E-state index contributed by atoms with van der Waals surface area (Å²) in [6.07, 6.45) is 6.49. The molecule has 0 unspecified atom stereocenters. The summed E-state index contributed by atoms with van der Waals surface area (Å²) in [5.74, 6) is 0.912. The van der Waals surface area contributed by atoms with Crippen LogP contribution in [0.3, 0.4) is 0 Å². The molecule has 0 bridgehead atoms. The lowest BCUT2D eigenvalue weighted by Gasteiger charge is -2.21. The van der Waals surface area contributed by atoms with Crippen LogP contribution >= 0.6 is 0 Å². The summed E-state index contributed by atoms with van der Waals surface area (Å²) < 4.78 is 27.1.